The van der Waals surface area contributed by atoms with Crippen LogP contribution in [0.5, 0.6) is 0 Å². The van der Waals surface area contributed by atoms with Crippen LogP contribution < -0.4 is 0 Å². The van der Waals surface area contributed by atoms with Crippen LogP contribution >= 0.6 is 0 Å². The third kappa shape index (κ3) is 1.88. The zero-order chi connectivity index (χ0) is 9.14. The predicted octanol–water partition coefficient (Wildman–Crippen LogP) is 0.900. The van der Waals surface area contributed by atoms with Gasteiger partial charge in [0.1, 0.15) is 0 Å². The van der Waals surface area contributed by atoms with Gasteiger partial charge in [-0.25, -0.2) is 4.79 Å². The Morgan fingerprint density at radius 1 is 1.42 bits per heavy atom. The molecule has 0 saturated heterocycles. The lowest BCUT2D eigenvalue weighted by Crippen LogP contribution is -2.45. The zero-order valence-electron chi connectivity index (χ0n) is 7.23. The largest absolute Gasteiger partial charge is 0.465 e. The van der Waals surface area contributed by atoms with E-state index in [0.29, 0.717) is 0 Å². The van der Waals surface area contributed by atoms with E-state index in [1.165, 1.54) is 11.9 Å². The molecule has 0 heterocycles. The number of aliphatic hydroxyl groups excluding tert-OH is 1. The molecule has 0 aromatic heterocycles. The van der Waals surface area contributed by atoms with Crippen molar-refractivity contribution in [3.05, 3.63) is 0 Å². The number of rotatable bonds is 1. The second-order valence-corrected chi connectivity index (χ2v) is 3.31. The van der Waals surface area contributed by atoms with Gasteiger partial charge in [-0.05, 0) is 12.8 Å². The van der Waals surface area contributed by atoms with Gasteiger partial charge >= 0.3 is 6.09 Å². The van der Waals surface area contributed by atoms with Gasteiger partial charge in [0.25, 0.3) is 0 Å². The highest BCUT2D eigenvalue weighted by atomic mass is 16.4. The third-order valence-electron chi connectivity index (χ3n) is 2.49. The molecule has 0 bridgehead atoms. The normalized spacial score (nSPS) is 29.8. The van der Waals surface area contributed by atoms with Crippen molar-refractivity contribution in [2.45, 2.75) is 37.8 Å². The van der Waals surface area contributed by atoms with Crippen LogP contribution in [0.4, 0.5) is 4.79 Å². The number of carbonyl (C=O) groups is 1. The molecule has 0 spiro atoms. The summed E-state index contributed by atoms with van der Waals surface area (Å²) in [4.78, 5) is 11.8. The smallest absolute Gasteiger partial charge is 0.407 e. The number of aliphatic hydroxyl groups is 1. The molecule has 0 aromatic carbocycles. The first kappa shape index (κ1) is 9.32. The van der Waals surface area contributed by atoms with E-state index in [2.05, 4.69) is 0 Å². The Labute approximate surface area is 71.8 Å². The van der Waals surface area contributed by atoms with Crippen LogP contribution in [0.15, 0.2) is 0 Å². The van der Waals surface area contributed by atoms with Crippen LogP contribution in [-0.2, 0) is 0 Å². The summed E-state index contributed by atoms with van der Waals surface area (Å²) in [6.07, 6.45) is 2.09. The Kier molecular flexibility index (Phi) is 2.92. The molecule has 1 fully saturated rings. The van der Waals surface area contributed by atoms with Crippen molar-refractivity contribution in [1.82, 2.24) is 4.90 Å². The monoisotopic (exact) mass is 173 g/mol. The Bertz CT molecular complexity index is 172. The summed E-state index contributed by atoms with van der Waals surface area (Å²) in [5.74, 6) is 0. The van der Waals surface area contributed by atoms with Crippen molar-refractivity contribution in [1.29, 1.82) is 0 Å². The quantitative estimate of drug-likeness (QED) is 0.619. The minimum atomic E-state index is -0.957. The molecule has 70 valence electrons. The van der Waals surface area contributed by atoms with E-state index in [1.807, 2.05) is 0 Å². The molecule has 2 unspecified atom stereocenters. The maximum absolute atomic E-state index is 10.6. The lowest BCUT2D eigenvalue weighted by molar-refractivity contribution is 0.0340. The summed E-state index contributed by atoms with van der Waals surface area (Å²) in [6.45, 7) is 0. The first-order chi connectivity index (χ1) is 5.63. The van der Waals surface area contributed by atoms with Gasteiger partial charge in [-0.15, -0.1) is 0 Å². The molecule has 2 atom stereocenters. The molecule has 1 saturated carbocycles. The first-order valence-electron chi connectivity index (χ1n) is 4.26. The summed E-state index contributed by atoms with van der Waals surface area (Å²) in [5.41, 5.74) is 0. The van der Waals surface area contributed by atoms with Crippen LogP contribution in [0, 0.1) is 0 Å². The lowest BCUT2D eigenvalue weighted by atomic mass is 9.92. The summed E-state index contributed by atoms with van der Waals surface area (Å²) in [7, 11) is 1.52. The van der Waals surface area contributed by atoms with Crippen LogP contribution in [0.1, 0.15) is 25.7 Å². The van der Waals surface area contributed by atoms with Crippen LogP contribution in [0.2, 0.25) is 0 Å². The highest BCUT2D eigenvalue weighted by Gasteiger charge is 2.28. The second kappa shape index (κ2) is 3.76. The number of likely N-dealkylation sites (N-methyl/N-ethyl adjacent to an activating group) is 1. The molecule has 4 heteroatoms. The van der Waals surface area contributed by atoms with Crippen molar-refractivity contribution in [3.8, 4) is 0 Å². The number of hydrogen-bond acceptors (Lipinski definition) is 2. The van der Waals surface area contributed by atoms with Gasteiger partial charge < -0.3 is 15.1 Å². The second-order valence-electron chi connectivity index (χ2n) is 3.31. The maximum atomic E-state index is 10.6. The topological polar surface area (TPSA) is 60.8 Å². The summed E-state index contributed by atoms with van der Waals surface area (Å²) >= 11 is 0. The van der Waals surface area contributed by atoms with E-state index < -0.39 is 12.2 Å². The van der Waals surface area contributed by atoms with Gasteiger partial charge in [0.05, 0.1) is 12.1 Å². The fourth-order valence-electron chi connectivity index (χ4n) is 1.69. The molecule has 0 aliphatic heterocycles. The van der Waals surface area contributed by atoms with Crippen molar-refractivity contribution < 1.29 is 15.0 Å². The molecular formula is C8H15NO3. The Hall–Kier alpha value is -0.770. The minimum Gasteiger partial charge on any atom is -0.465 e. The fourth-order valence-corrected chi connectivity index (χ4v) is 1.69. The number of amides is 1. The van der Waals surface area contributed by atoms with Crippen LogP contribution in [-0.4, -0.2) is 40.4 Å². The molecule has 1 aliphatic rings. The number of nitrogens with zero attached hydrogens (tertiary/aromatic N) is 1. The molecule has 1 rings (SSSR count). The van der Waals surface area contributed by atoms with Crippen molar-refractivity contribution >= 4 is 6.09 Å². The van der Waals surface area contributed by atoms with E-state index >= 15 is 0 Å². The molecule has 12 heavy (non-hydrogen) atoms. The Morgan fingerprint density at radius 3 is 2.50 bits per heavy atom. The molecule has 1 amide bonds. The zero-order valence-corrected chi connectivity index (χ0v) is 7.23. The van der Waals surface area contributed by atoms with Gasteiger partial charge in [-0.2, -0.15) is 0 Å². The minimum absolute atomic E-state index is 0.198. The maximum Gasteiger partial charge on any atom is 0.407 e. The molecular weight excluding hydrogens is 158 g/mol. The predicted molar refractivity (Wildman–Crippen MR) is 44.1 cm³/mol. The first-order valence-corrected chi connectivity index (χ1v) is 4.26. The molecule has 1 aliphatic carbocycles. The van der Waals surface area contributed by atoms with E-state index in [4.69, 9.17) is 5.11 Å². The fraction of sp³-hybridized carbons (Fsp3) is 0.875. The highest BCUT2D eigenvalue weighted by molar-refractivity contribution is 5.65. The molecule has 2 N–H and O–H groups in total. The SMILES string of the molecule is CN(C(=O)O)C1CCCCC1O. The van der Waals surface area contributed by atoms with Gasteiger partial charge in [0.15, 0.2) is 0 Å². The van der Waals surface area contributed by atoms with Crippen molar-refractivity contribution in [3.63, 3.8) is 0 Å². The van der Waals surface area contributed by atoms with E-state index in [-0.39, 0.29) is 6.04 Å². The Morgan fingerprint density at radius 2 is 2.00 bits per heavy atom. The summed E-state index contributed by atoms with van der Waals surface area (Å²) < 4.78 is 0. The molecule has 4 nitrogen and oxygen atoms in total. The Balaban J connectivity index is 2.53. The summed E-state index contributed by atoms with van der Waals surface area (Å²) in [6, 6.07) is -0.198. The standard InChI is InChI=1S/C8H15NO3/c1-9(8(11)12)6-4-2-3-5-7(6)10/h6-7,10H,2-5H2,1H3,(H,11,12). The van der Waals surface area contributed by atoms with Crippen molar-refractivity contribution in [2.24, 2.45) is 0 Å². The van der Waals surface area contributed by atoms with Crippen molar-refractivity contribution in [2.75, 3.05) is 7.05 Å². The van der Waals surface area contributed by atoms with Gasteiger partial charge in [0.2, 0.25) is 0 Å². The number of carboxylic acid groups (broad SMARTS) is 1. The van der Waals surface area contributed by atoms with Gasteiger partial charge in [-0.1, -0.05) is 12.8 Å². The average molecular weight is 173 g/mol. The lowest BCUT2D eigenvalue weighted by Gasteiger charge is -2.33. The average Bonchev–Trinajstić information content (AvgIpc) is 2.04. The van der Waals surface area contributed by atoms with Crippen LogP contribution in [0.25, 0.3) is 0 Å². The van der Waals surface area contributed by atoms with E-state index in [9.17, 15) is 9.90 Å². The van der Waals surface area contributed by atoms with Crippen LogP contribution in [0.3, 0.4) is 0 Å². The summed E-state index contributed by atoms with van der Waals surface area (Å²) in [5, 5.41) is 18.2. The molecule has 0 aromatic rings. The molecule has 0 radical (unpaired) electrons. The third-order valence-corrected chi connectivity index (χ3v) is 2.49. The van der Waals surface area contributed by atoms with Gasteiger partial charge in [-0.3, -0.25) is 0 Å². The van der Waals surface area contributed by atoms with Gasteiger partial charge in [0, 0.05) is 7.05 Å². The van der Waals surface area contributed by atoms with E-state index in [1.54, 1.807) is 0 Å². The highest BCUT2D eigenvalue weighted by Crippen LogP contribution is 2.22. The number of hydrogen-bond donors (Lipinski definition) is 2. The van der Waals surface area contributed by atoms with E-state index in [0.717, 1.165) is 25.7 Å².